The van der Waals surface area contributed by atoms with E-state index in [2.05, 4.69) is 5.32 Å². The number of carbonyl (C=O) groups excluding carboxylic acids is 1. The van der Waals surface area contributed by atoms with Crippen LogP contribution in [0, 0.1) is 0 Å². The number of aliphatic hydroxyl groups is 3. The zero-order chi connectivity index (χ0) is 19.3. The molecule has 0 spiro atoms. The van der Waals surface area contributed by atoms with E-state index in [1.165, 1.54) is 14.0 Å². The van der Waals surface area contributed by atoms with Crippen molar-refractivity contribution < 1.29 is 34.3 Å². The Hall–Kier alpha value is -2.13. The summed E-state index contributed by atoms with van der Waals surface area (Å²) in [6.07, 6.45) is -1.13. The monoisotopic (exact) mass is 367 g/mol. The normalized spacial score (nSPS) is 28.8. The third-order valence-electron chi connectivity index (χ3n) is 4.04. The van der Waals surface area contributed by atoms with Crippen LogP contribution in [0.3, 0.4) is 0 Å². The summed E-state index contributed by atoms with van der Waals surface area (Å²) in [7, 11) is 1.49. The van der Waals surface area contributed by atoms with Gasteiger partial charge in [-0.2, -0.15) is 0 Å². The minimum absolute atomic E-state index is 0.335. The molecule has 2 rings (SSSR count). The van der Waals surface area contributed by atoms with E-state index in [4.69, 9.17) is 14.2 Å². The minimum atomic E-state index is -1.37. The molecule has 0 radical (unpaired) electrons. The predicted molar refractivity (Wildman–Crippen MR) is 93.7 cm³/mol. The van der Waals surface area contributed by atoms with E-state index in [1.54, 1.807) is 12.1 Å². The molecule has 144 valence electrons. The van der Waals surface area contributed by atoms with Gasteiger partial charge < -0.3 is 34.8 Å². The molecular weight excluding hydrogens is 342 g/mol. The average Bonchev–Trinajstić information content (AvgIpc) is 2.62. The number of rotatable bonds is 6. The number of hydrogen-bond acceptors (Lipinski definition) is 7. The molecule has 1 fully saturated rings. The molecule has 0 aromatic heterocycles. The van der Waals surface area contributed by atoms with Crippen molar-refractivity contribution in [3.05, 3.63) is 29.8 Å². The Labute approximate surface area is 152 Å². The van der Waals surface area contributed by atoms with E-state index in [0.29, 0.717) is 11.5 Å². The first-order chi connectivity index (χ1) is 12.4. The highest BCUT2D eigenvalue weighted by Crippen LogP contribution is 2.32. The highest BCUT2D eigenvalue weighted by molar-refractivity contribution is 5.73. The molecule has 0 aliphatic carbocycles. The maximum atomic E-state index is 11.5. The van der Waals surface area contributed by atoms with Crippen molar-refractivity contribution in [2.45, 2.75) is 44.5 Å². The fourth-order valence-corrected chi connectivity index (χ4v) is 2.77. The molecular formula is C18H25NO7. The van der Waals surface area contributed by atoms with Gasteiger partial charge in [0, 0.05) is 6.92 Å². The van der Waals surface area contributed by atoms with Crippen LogP contribution in [0.4, 0.5) is 0 Å². The van der Waals surface area contributed by atoms with Gasteiger partial charge in [0.05, 0.1) is 13.7 Å². The number of ether oxygens (including phenoxy) is 3. The third kappa shape index (κ3) is 4.53. The van der Waals surface area contributed by atoms with E-state index in [0.717, 1.165) is 5.56 Å². The van der Waals surface area contributed by atoms with Gasteiger partial charge in [0.15, 0.2) is 11.5 Å². The number of nitrogens with one attached hydrogen (secondary N) is 1. The summed E-state index contributed by atoms with van der Waals surface area (Å²) in [6.45, 7) is 2.66. The van der Waals surface area contributed by atoms with Crippen molar-refractivity contribution >= 4 is 12.0 Å². The van der Waals surface area contributed by atoms with Crippen LogP contribution in [0.25, 0.3) is 6.08 Å². The summed E-state index contributed by atoms with van der Waals surface area (Å²) in [5, 5.41) is 32.2. The molecule has 8 heteroatoms. The fourth-order valence-electron chi connectivity index (χ4n) is 2.77. The first-order valence-electron chi connectivity index (χ1n) is 8.28. The van der Waals surface area contributed by atoms with Crippen molar-refractivity contribution in [2.24, 2.45) is 0 Å². The molecule has 1 aromatic rings. The lowest BCUT2D eigenvalue weighted by molar-refractivity contribution is -0.244. The Morgan fingerprint density at radius 2 is 2.04 bits per heavy atom. The molecule has 8 nitrogen and oxygen atoms in total. The molecule has 1 saturated heterocycles. The lowest BCUT2D eigenvalue weighted by Gasteiger charge is -2.42. The molecule has 1 aliphatic rings. The van der Waals surface area contributed by atoms with Gasteiger partial charge in [-0.25, -0.2) is 0 Å². The zero-order valence-corrected chi connectivity index (χ0v) is 15.0. The molecule has 4 N–H and O–H groups in total. The minimum Gasteiger partial charge on any atom is -0.493 e. The first-order valence-corrected chi connectivity index (χ1v) is 8.28. The molecule has 0 unspecified atom stereocenters. The summed E-state index contributed by atoms with van der Waals surface area (Å²) in [5.41, 5.74) is 0.906. The lowest BCUT2D eigenvalue weighted by atomic mass is 9.97. The van der Waals surface area contributed by atoms with Crippen molar-refractivity contribution in [2.75, 3.05) is 13.7 Å². The van der Waals surface area contributed by atoms with Gasteiger partial charge in [0.1, 0.15) is 24.4 Å². The van der Waals surface area contributed by atoms with Gasteiger partial charge in [-0.3, -0.25) is 4.79 Å². The lowest BCUT2D eigenvalue weighted by Crippen LogP contribution is -2.65. The average molecular weight is 367 g/mol. The van der Waals surface area contributed by atoms with E-state index < -0.39 is 43.2 Å². The summed E-state index contributed by atoms with van der Waals surface area (Å²) in [6, 6.07) is 4.22. The second kappa shape index (κ2) is 9.00. The van der Waals surface area contributed by atoms with Gasteiger partial charge in [0.2, 0.25) is 12.2 Å². The van der Waals surface area contributed by atoms with Gasteiger partial charge in [-0.1, -0.05) is 18.2 Å². The molecule has 1 aliphatic heterocycles. The maximum Gasteiger partial charge on any atom is 0.223 e. The molecule has 26 heavy (non-hydrogen) atoms. The SMILES string of the molecule is C/C=C/c1ccc(O[C@@H]2O[C@@H](CO)[C@@H](O)[C@@H](O)[C@@H]2NC(C)=O)c(OC)c1. The van der Waals surface area contributed by atoms with E-state index in [-0.39, 0.29) is 0 Å². The van der Waals surface area contributed by atoms with E-state index >= 15 is 0 Å². The highest BCUT2D eigenvalue weighted by Gasteiger charge is 2.46. The Morgan fingerprint density at radius 1 is 1.31 bits per heavy atom. The van der Waals surface area contributed by atoms with Gasteiger partial charge in [-0.05, 0) is 24.6 Å². The van der Waals surface area contributed by atoms with Crippen LogP contribution in [0.2, 0.25) is 0 Å². The number of benzene rings is 1. The van der Waals surface area contributed by atoms with Crippen LogP contribution in [0.5, 0.6) is 11.5 Å². The Bertz CT molecular complexity index is 648. The standard InChI is InChI=1S/C18H25NO7/c1-4-5-11-6-7-12(13(8-11)24-3)25-18-15(19-10(2)21)17(23)16(22)14(9-20)26-18/h4-8,14-18,20,22-23H,9H2,1-3H3,(H,19,21)/b5-4+/t14-,15-,16+,17-,18+/m0/s1. The quantitative estimate of drug-likeness (QED) is 0.561. The zero-order valence-electron chi connectivity index (χ0n) is 15.0. The summed E-state index contributed by atoms with van der Waals surface area (Å²) in [5.74, 6) is 0.351. The van der Waals surface area contributed by atoms with Gasteiger partial charge in [0.25, 0.3) is 0 Å². The van der Waals surface area contributed by atoms with Crippen LogP contribution in [-0.2, 0) is 9.53 Å². The molecule has 5 atom stereocenters. The molecule has 1 amide bonds. The molecule has 0 saturated carbocycles. The second-order valence-electron chi connectivity index (χ2n) is 5.96. The van der Waals surface area contributed by atoms with Crippen molar-refractivity contribution in [3.63, 3.8) is 0 Å². The van der Waals surface area contributed by atoms with Crippen molar-refractivity contribution in [1.82, 2.24) is 5.32 Å². The summed E-state index contributed by atoms with van der Waals surface area (Å²) in [4.78, 5) is 11.5. The molecule has 1 heterocycles. The van der Waals surface area contributed by atoms with Crippen LogP contribution in [0.15, 0.2) is 24.3 Å². The maximum absolute atomic E-state index is 11.5. The summed E-state index contributed by atoms with van der Waals surface area (Å²) < 4.78 is 16.7. The van der Waals surface area contributed by atoms with Crippen LogP contribution in [-0.4, -0.2) is 65.6 Å². The number of amides is 1. The number of hydrogen-bond donors (Lipinski definition) is 4. The number of carbonyl (C=O) groups is 1. The van der Waals surface area contributed by atoms with Gasteiger partial charge >= 0.3 is 0 Å². The third-order valence-corrected chi connectivity index (χ3v) is 4.04. The number of methoxy groups -OCH3 is 1. The predicted octanol–water partition coefficient (Wildman–Crippen LogP) is 0.0508. The fraction of sp³-hybridized carbons (Fsp3) is 0.500. The highest BCUT2D eigenvalue weighted by atomic mass is 16.7. The van der Waals surface area contributed by atoms with E-state index in [9.17, 15) is 20.1 Å². The second-order valence-corrected chi connectivity index (χ2v) is 5.96. The molecule has 0 bridgehead atoms. The number of allylic oxidation sites excluding steroid dienone is 1. The number of aliphatic hydroxyl groups excluding tert-OH is 3. The van der Waals surface area contributed by atoms with Crippen LogP contribution >= 0.6 is 0 Å². The van der Waals surface area contributed by atoms with Crippen LogP contribution in [0.1, 0.15) is 19.4 Å². The van der Waals surface area contributed by atoms with Crippen LogP contribution < -0.4 is 14.8 Å². The Balaban J connectivity index is 2.29. The van der Waals surface area contributed by atoms with Gasteiger partial charge in [-0.15, -0.1) is 0 Å². The smallest absolute Gasteiger partial charge is 0.223 e. The Kier molecular flexibility index (Phi) is 6.98. The Morgan fingerprint density at radius 3 is 2.62 bits per heavy atom. The van der Waals surface area contributed by atoms with Crippen molar-refractivity contribution in [3.8, 4) is 11.5 Å². The van der Waals surface area contributed by atoms with E-state index in [1.807, 2.05) is 25.1 Å². The topological polar surface area (TPSA) is 117 Å². The molecule has 1 aromatic carbocycles. The largest absolute Gasteiger partial charge is 0.493 e. The summed E-state index contributed by atoms with van der Waals surface area (Å²) >= 11 is 0. The van der Waals surface area contributed by atoms with Crippen molar-refractivity contribution in [1.29, 1.82) is 0 Å². The first kappa shape index (κ1) is 20.2.